The third-order valence-electron chi connectivity index (χ3n) is 9.71. The number of fused-ring (bicyclic) bond motifs is 5. The molecule has 222 valence electrons. The van der Waals surface area contributed by atoms with Gasteiger partial charge in [-0.2, -0.15) is 0 Å². The third-order valence-corrected chi connectivity index (χ3v) is 10.7. The molecular weight excluding hydrogens is 574 g/mol. The number of rotatable bonds is 6. The van der Waals surface area contributed by atoms with Gasteiger partial charge < -0.3 is 19.1 Å². The molecule has 1 aliphatic heterocycles. The van der Waals surface area contributed by atoms with Crippen LogP contribution in [-0.4, -0.2) is 42.7 Å². The standard InChI is InChI=1S/C34H31N5O4S/c1-33-12-13-34(2,19-15-35-32(42-3)36-16-19)22-10-9-21(31(40)41)28(29(22)33)30-38-24-14-20(8-11-25(24)39(30)18-33)43-17-27-37-23-6-4-5-7-26(23)44-27/h4-8,11-16,21,28H,9-10,17-18H2,1-3H3,(H,40,41)/t21-,28-,33?,34?/m1/s1. The van der Waals surface area contributed by atoms with Crippen LogP contribution in [0.25, 0.3) is 21.3 Å². The van der Waals surface area contributed by atoms with Crippen LogP contribution in [0.3, 0.4) is 0 Å². The Morgan fingerprint density at radius 3 is 2.68 bits per heavy atom. The maximum Gasteiger partial charge on any atom is 0.316 e. The third kappa shape index (κ3) is 4.00. The number of hydrogen-bond acceptors (Lipinski definition) is 8. The number of benzene rings is 2. The summed E-state index contributed by atoms with van der Waals surface area (Å²) in [6, 6.07) is 14.4. The quantitative estimate of drug-likeness (QED) is 0.220. The summed E-state index contributed by atoms with van der Waals surface area (Å²) in [5, 5.41) is 11.4. The van der Waals surface area contributed by atoms with Crippen molar-refractivity contribution in [1.29, 1.82) is 0 Å². The lowest BCUT2D eigenvalue weighted by Crippen LogP contribution is -2.46. The van der Waals surface area contributed by atoms with Crippen molar-refractivity contribution in [3.8, 4) is 11.8 Å². The van der Waals surface area contributed by atoms with Crippen LogP contribution in [0.5, 0.6) is 11.8 Å². The van der Waals surface area contributed by atoms with Crippen molar-refractivity contribution in [1.82, 2.24) is 24.5 Å². The van der Waals surface area contributed by atoms with Gasteiger partial charge in [0.1, 0.15) is 23.2 Å². The Hall–Kier alpha value is -4.57. The number of carbonyl (C=O) groups is 1. The molecular formula is C34H31N5O4S. The number of aliphatic carboxylic acids is 1. The van der Waals surface area contributed by atoms with E-state index >= 15 is 0 Å². The number of carboxylic acids is 1. The molecule has 0 bridgehead atoms. The van der Waals surface area contributed by atoms with Crippen LogP contribution < -0.4 is 9.47 Å². The summed E-state index contributed by atoms with van der Waals surface area (Å²) in [6.45, 7) is 5.46. The minimum Gasteiger partial charge on any atom is -0.486 e. The first-order chi connectivity index (χ1) is 21.3. The van der Waals surface area contributed by atoms with E-state index in [2.05, 4.69) is 51.6 Å². The molecule has 2 aromatic carbocycles. The number of thiazole rings is 1. The molecule has 9 nitrogen and oxygen atoms in total. The van der Waals surface area contributed by atoms with E-state index < -0.39 is 17.3 Å². The Labute approximate surface area is 257 Å². The molecule has 0 saturated heterocycles. The van der Waals surface area contributed by atoms with Crippen molar-refractivity contribution in [3.63, 3.8) is 0 Å². The summed E-state index contributed by atoms with van der Waals surface area (Å²) in [5.41, 5.74) is 5.32. The number of methoxy groups -OCH3 is 1. The molecule has 2 unspecified atom stereocenters. The highest BCUT2D eigenvalue weighted by Gasteiger charge is 2.53. The van der Waals surface area contributed by atoms with E-state index in [0.717, 1.165) is 37.6 Å². The molecule has 3 aliphatic rings. The zero-order chi connectivity index (χ0) is 30.2. The summed E-state index contributed by atoms with van der Waals surface area (Å²) in [6.07, 6.45) is 9.38. The Bertz CT molecular complexity index is 2000. The summed E-state index contributed by atoms with van der Waals surface area (Å²) >= 11 is 1.63. The number of hydrogen-bond donors (Lipinski definition) is 1. The van der Waals surface area contributed by atoms with E-state index in [4.69, 9.17) is 14.5 Å². The molecule has 1 N–H and O–H groups in total. The zero-order valence-electron chi connectivity index (χ0n) is 24.7. The predicted octanol–water partition coefficient (Wildman–Crippen LogP) is 6.45. The first kappa shape index (κ1) is 27.0. The molecule has 0 saturated carbocycles. The van der Waals surface area contributed by atoms with Gasteiger partial charge in [-0.3, -0.25) is 4.79 Å². The average Bonchev–Trinajstić information content (AvgIpc) is 3.62. The van der Waals surface area contributed by atoms with Crippen LogP contribution >= 0.6 is 11.3 Å². The monoisotopic (exact) mass is 605 g/mol. The van der Waals surface area contributed by atoms with Gasteiger partial charge in [0.05, 0.1) is 40.2 Å². The number of carboxylic acid groups (broad SMARTS) is 1. The summed E-state index contributed by atoms with van der Waals surface area (Å²) < 4.78 is 14.7. The zero-order valence-corrected chi connectivity index (χ0v) is 25.5. The van der Waals surface area contributed by atoms with Crippen LogP contribution in [0, 0.1) is 11.3 Å². The van der Waals surface area contributed by atoms with Crippen molar-refractivity contribution in [2.24, 2.45) is 11.3 Å². The fourth-order valence-electron chi connectivity index (χ4n) is 7.52. The van der Waals surface area contributed by atoms with Gasteiger partial charge in [0.15, 0.2) is 0 Å². The maximum absolute atomic E-state index is 12.8. The van der Waals surface area contributed by atoms with Gasteiger partial charge in [0.25, 0.3) is 0 Å². The van der Waals surface area contributed by atoms with E-state index in [1.165, 1.54) is 11.1 Å². The second-order valence-electron chi connectivity index (χ2n) is 12.3. The van der Waals surface area contributed by atoms with Crippen molar-refractivity contribution in [2.45, 2.75) is 51.2 Å². The van der Waals surface area contributed by atoms with Crippen molar-refractivity contribution >= 4 is 38.6 Å². The highest BCUT2D eigenvalue weighted by molar-refractivity contribution is 7.18. The second-order valence-corrected chi connectivity index (χ2v) is 13.5. The minimum absolute atomic E-state index is 0.321. The van der Waals surface area contributed by atoms with Gasteiger partial charge in [0, 0.05) is 41.4 Å². The number of imidazole rings is 1. The predicted molar refractivity (Wildman–Crippen MR) is 167 cm³/mol. The molecule has 4 atom stereocenters. The first-order valence-electron chi connectivity index (χ1n) is 14.8. The van der Waals surface area contributed by atoms with Gasteiger partial charge in [0.2, 0.25) is 0 Å². The number of allylic oxidation sites excluding steroid dienone is 4. The summed E-state index contributed by atoms with van der Waals surface area (Å²) in [5.74, 6) is -0.182. The minimum atomic E-state index is -0.784. The first-order valence-corrected chi connectivity index (χ1v) is 15.6. The molecule has 2 aliphatic carbocycles. The molecule has 8 rings (SSSR count). The number of nitrogens with zero attached hydrogens (tertiary/aromatic N) is 5. The number of aromatic nitrogens is 5. The lowest BCUT2D eigenvalue weighted by Gasteiger charge is -2.51. The Balaban J connectivity index is 1.20. The van der Waals surface area contributed by atoms with Gasteiger partial charge in [-0.25, -0.2) is 19.9 Å². The molecule has 44 heavy (non-hydrogen) atoms. The normalized spacial score (nSPS) is 25.6. The Morgan fingerprint density at radius 1 is 1.09 bits per heavy atom. The molecule has 3 aromatic heterocycles. The molecule has 0 radical (unpaired) electrons. The average molecular weight is 606 g/mol. The largest absolute Gasteiger partial charge is 0.486 e. The lowest BCUT2D eigenvalue weighted by atomic mass is 9.54. The molecule has 4 heterocycles. The maximum atomic E-state index is 12.8. The SMILES string of the molecule is COc1ncc(C2(C)C=CC3(C)Cn4c(nc5cc(OCc6nc7ccccc7s6)ccc54)[C@H]4C3=C2CC[C@H]4C(=O)O)cn1. The van der Waals surface area contributed by atoms with Crippen LogP contribution in [0.2, 0.25) is 0 Å². The lowest BCUT2D eigenvalue weighted by molar-refractivity contribution is -0.143. The van der Waals surface area contributed by atoms with Crippen LogP contribution in [0.1, 0.15) is 49.0 Å². The van der Waals surface area contributed by atoms with Gasteiger partial charge in [-0.05, 0) is 49.6 Å². The van der Waals surface area contributed by atoms with Crippen molar-refractivity contribution in [3.05, 3.63) is 94.6 Å². The molecule has 5 aromatic rings. The topological polar surface area (TPSA) is 112 Å². The molecule has 10 heteroatoms. The fourth-order valence-corrected chi connectivity index (χ4v) is 8.40. The summed E-state index contributed by atoms with van der Waals surface area (Å²) in [4.78, 5) is 31.4. The van der Waals surface area contributed by atoms with E-state index in [9.17, 15) is 9.90 Å². The van der Waals surface area contributed by atoms with Gasteiger partial charge in [-0.15, -0.1) is 11.3 Å². The van der Waals surface area contributed by atoms with Crippen molar-refractivity contribution < 1.29 is 19.4 Å². The van der Waals surface area contributed by atoms with Crippen LogP contribution in [-0.2, 0) is 23.4 Å². The van der Waals surface area contributed by atoms with E-state index in [0.29, 0.717) is 37.8 Å². The van der Waals surface area contributed by atoms with E-state index in [1.54, 1.807) is 18.4 Å². The second kappa shape index (κ2) is 9.72. The fraction of sp³-hybridized carbons (Fsp3) is 0.324. The molecule has 0 amide bonds. The number of para-hydroxylation sites is 1. The molecule has 0 spiro atoms. The van der Waals surface area contributed by atoms with E-state index in [1.807, 2.05) is 48.8 Å². The highest BCUT2D eigenvalue weighted by Crippen LogP contribution is 2.60. The van der Waals surface area contributed by atoms with Crippen molar-refractivity contribution in [2.75, 3.05) is 7.11 Å². The highest BCUT2D eigenvalue weighted by atomic mass is 32.1. The Kier molecular flexibility index (Phi) is 5.97. The molecule has 0 fully saturated rings. The van der Waals surface area contributed by atoms with E-state index in [-0.39, 0.29) is 11.3 Å². The van der Waals surface area contributed by atoms with Gasteiger partial charge in [-0.1, -0.05) is 36.8 Å². The Morgan fingerprint density at radius 2 is 1.91 bits per heavy atom. The number of ether oxygens (including phenoxy) is 2. The summed E-state index contributed by atoms with van der Waals surface area (Å²) in [7, 11) is 1.55. The van der Waals surface area contributed by atoms with Crippen LogP contribution in [0.15, 0.2) is 78.2 Å². The smallest absolute Gasteiger partial charge is 0.316 e. The van der Waals surface area contributed by atoms with Gasteiger partial charge >= 0.3 is 12.0 Å². The van der Waals surface area contributed by atoms with Crippen LogP contribution in [0.4, 0.5) is 0 Å².